The van der Waals surface area contributed by atoms with Crippen LogP contribution in [-0.4, -0.2) is 18.0 Å². The Morgan fingerprint density at radius 2 is 2.44 bits per heavy atom. The number of nitrogens with zero attached hydrogens (tertiary/aromatic N) is 1. The van der Waals surface area contributed by atoms with Gasteiger partial charge in [-0.25, -0.2) is 5.43 Å². The van der Waals surface area contributed by atoms with Crippen LogP contribution in [0.25, 0.3) is 0 Å². The number of rotatable bonds is 0. The number of aryl methyl sites for hydroxylation is 1. The highest BCUT2D eigenvalue weighted by molar-refractivity contribution is 7.10. The van der Waals surface area contributed by atoms with Gasteiger partial charge >= 0.3 is 0 Å². The summed E-state index contributed by atoms with van der Waals surface area (Å²) in [4.78, 5) is 13.2. The van der Waals surface area contributed by atoms with E-state index in [1.165, 1.54) is 15.4 Å². The number of hydrogen-bond acceptors (Lipinski definition) is 4. The molecule has 1 aromatic heterocycles. The Kier molecular flexibility index (Phi) is 2.27. The first kappa shape index (κ1) is 10.3. The van der Waals surface area contributed by atoms with Gasteiger partial charge in [-0.15, -0.1) is 11.3 Å². The lowest BCUT2D eigenvalue weighted by Crippen LogP contribution is -2.64. The van der Waals surface area contributed by atoms with Crippen LogP contribution in [0.5, 0.6) is 0 Å². The molecule has 2 N–H and O–H groups in total. The SMILES string of the molecule is CN1NN[C@]2(CCCc3ccsc32)CC1=O. The van der Waals surface area contributed by atoms with E-state index in [0.717, 1.165) is 19.3 Å². The average Bonchev–Trinajstić information content (AvgIpc) is 2.74. The quantitative estimate of drug-likeness (QED) is 0.711. The van der Waals surface area contributed by atoms with Crippen molar-refractivity contribution in [1.82, 2.24) is 16.0 Å². The van der Waals surface area contributed by atoms with E-state index < -0.39 is 0 Å². The molecule has 16 heavy (non-hydrogen) atoms. The minimum Gasteiger partial charge on any atom is -0.273 e. The number of hydrazine groups is 2. The highest BCUT2D eigenvalue weighted by Crippen LogP contribution is 2.41. The molecule has 0 bridgehead atoms. The lowest BCUT2D eigenvalue weighted by atomic mass is 9.80. The normalized spacial score (nSPS) is 29.6. The Balaban J connectivity index is 1.99. The molecule has 1 saturated heterocycles. The monoisotopic (exact) mass is 237 g/mol. The molecule has 1 aromatic rings. The summed E-state index contributed by atoms with van der Waals surface area (Å²) in [5.41, 5.74) is 7.53. The van der Waals surface area contributed by atoms with Gasteiger partial charge in [0.15, 0.2) is 0 Å². The van der Waals surface area contributed by atoms with Crippen LogP contribution in [0.3, 0.4) is 0 Å². The number of fused-ring (bicyclic) bond motifs is 2. The van der Waals surface area contributed by atoms with Crippen LogP contribution < -0.4 is 11.0 Å². The molecule has 86 valence electrons. The molecular formula is C11H15N3OS. The fraction of sp³-hybridized carbons (Fsp3) is 0.545. The molecule has 1 atom stereocenters. The van der Waals surface area contributed by atoms with Crippen molar-refractivity contribution in [3.63, 3.8) is 0 Å². The second-order valence-corrected chi connectivity index (χ2v) is 5.49. The summed E-state index contributed by atoms with van der Waals surface area (Å²) < 4.78 is 0. The Labute approximate surface area is 98.6 Å². The number of thiophene rings is 1. The van der Waals surface area contributed by atoms with E-state index in [9.17, 15) is 4.79 Å². The summed E-state index contributed by atoms with van der Waals surface area (Å²) >= 11 is 1.76. The van der Waals surface area contributed by atoms with Gasteiger partial charge in [-0.1, -0.05) is 0 Å². The zero-order valence-electron chi connectivity index (χ0n) is 9.25. The first-order chi connectivity index (χ1) is 7.71. The average molecular weight is 237 g/mol. The van der Waals surface area contributed by atoms with Crippen LogP contribution in [0.4, 0.5) is 0 Å². The van der Waals surface area contributed by atoms with Crippen LogP contribution in [0.1, 0.15) is 29.7 Å². The van der Waals surface area contributed by atoms with Crippen molar-refractivity contribution in [1.29, 1.82) is 0 Å². The Morgan fingerprint density at radius 3 is 3.25 bits per heavy atom. The summed E-state index contributed by atoms with van der Waals surface area (Å²) in [6.45, 7) is 0. The molecule has 0 unspecified atom stereocenters. The van der Waals surface area contributed by atoms with E-state index in [0.29, 0.717) is 6.42 Å². The molecule has 1 aliphatic heterocycles. The molecule has 0 saturated carbocycles. The molecule has 1 fully saturated rings. The third-order valence-corrected chi connectivity index (χ3v) is 4.68. The van der Waals surface area contributed by atoms with Gasteiger partial charge in [0, 0.05) is 11.9 Å². The predicted octanol–water partition coefficient (Wildman–Crippen LogP) is 1.15. The molecular weight excluding hydrogens is 222 g/mol. The van der Waals surface area contributed by atoms with Crippen LogP contribution in [0, 0.1) is 0 Å². The number of hydrogen-bond donors (Lipinski definition) is 2. The molecule has 2 heterocycles. The summed E-state index contributed by atoms with van der Waals surface area (Å²) in [6, 6.07) is 2.19. The Bertz CT molecular complexity index is 431. The Morgan fingerprint density at radius 1 is 1.56 bits per heavy atom. The van der Waals surface area contributed by atoms with Crippen molar-refractivity contribution in [2.24, 2.45) is 0 Å². The van der Waals surface area contributed by atoms with Gasteiger partial charge in [0.1, 0.15) is 0 Å². The highest BCUT2D eigenvalue weighted by atomic mass is 32.1. The van der Waals surface area contributed by atoms with Gasteiger partial charge in [-0.05, 0) is 36.3 Å². The second-order valence-electron chi connectivity index (χ2n) is 4.58. The van der Waals surface area contributed by atoms with E-state index >= 15 is 0 Å². The summed E-state index contributed by atoms with van der Waals surface area (Å²) in [7, 11) is 1.75. The third kappa shape index (κ3) is 1.39. The second kappa shape index (κ2) is 3.55. The van der Waals surface area contributed by atoms with E-state index in [4.69, 9.17) is 0 Å². The number of nitrogens with one attached hydrogen (secondary N) is 2. The van der Waals surface area contributed by atoms with Crippen LogP contribution >= 0.6 is 11.3 Å². The molecule has 1 amide bonds. The summed E-state index contributed by atoms with van der Waals surface area (Å²) in [5, 5.41) is 3.65. The minimum absolute atomic E-state index is 0.153. The topological polar surface area (TPSA) is 44.4 Å². The lowest BCUT2D eigenvalue weighted by molar-refractivity contribution is -0.142. The van der Waals surface area contributed by atoms with E-state index in [1.807, 2.05) is 0 Å². The predicted molar refractivity (Wildman–Crippen MR) is 62.6 cm³/mol. The smallest absolute Gasteiger partial charge is 0.239 e. The number of carbonyl (C=O) groups is 1. The minimum atomic E-state index is -0.161. The largest absolute Gasteiger partial charge is 0.273 e. The van der Waals surface area contributed by atoms with Gasteiger partial charge in [0.2, 0.25) is 5.91 Å². The molecule has 1 aliphatic carbocycles. The van der Waals surface area contributed by atoms with Gasteiger partial charge in [0.25, 0.3) is 0 Å². The molecule has 0 aromatic carbocycles. The first-order valence-electron chi connectivity index (χ1n) is 5.57. The van der Waals surface area contributed by atoms with Crippen LogP contribution in [-0.2, 0) is 16.8 Å². The maximum absolute atomic E-state index is 11.8. The van der Waals surface area contributed by atoms with Gasteiger partial charge in [-0.2, -0.15) is 5.53 Å². The van der Waals surface area contributed by atoms with Crippen molar-refractivity contribution in [3.8, 4) is 0 Å². The van der Waals surface area contributed by atoms with Gasteiger partial charge in [-0.3, -0.25) is 9.80 Å². The summed E-state index contributed by atoms with van der Waals surface area (Å²) in [5.74, 6) is 0.153. The van der Waals surface area contributed by atoms with Crippen molar-refractivity contribution in [2.45, 2.75) is 31.2 Å². The van der Waals surface area contributed by atoms with Gasteiger partial charge in [0.05, 0.1) is 12.0 Å². The van der Waals surface area contributed by atoms with Crippen molar-refractivity contribution in [3.05, 3.63) is 21.9 Å². The molecule has 1 spiro atoms. The summed E-state index contributed by atoms with van der Waals surface area (Å²) in [6.07, 6.45) is 3.89. The van der Waals surface area contributed by atoms with Crippen molar-refractivity contribution in [2.75, 3.05) is 7.05 Å². The zero-order valence-corrected chi connectivity index (χ0v) is 10.1. The van der Waals surface area contributed by atoms with Crippen LogP contribution in [0.15, 0.2) is 11.4 Å². The molecule has 5 heteroatoms. The highest BCUT2D eigenvalue weighted by Gasteiger charge is 2.43. The fourth-order valence-corrected chi connectivity index (χ4v) is 3.75. The van der Waals surface area contributed by atoms with Crippen molar-refractivity contribution < 1.29 is 4.79 Å². The zero-order chi connectivity index (χ0) is 11.2. The van der Waals surface area contributed by atoms with Gasteiger partial charge < -0.3 is 0 Å². The molecule has 4 nitrogen and oxygen atoms in total. The molecule has 3 rings (SSSR count). The van der Waals surface area contributed by atoms with Crippen molar-refractivity contribution >= 4 is 17.2 Å². The number of carbonyl (C=O) groups excluding carboxylic acids is 1. The molecule has 2 aliphatic rings. The van der Waals surface area contributed by atoms with E-state index in [1.54, 1.807) is 18.4 Å². The Hall–Kier alpha value is -0.910. The maximum Gasteiger partial charge on any atom is 0.239 e. The molecule has 0 radical (unpaired) electrons. The maximum atomic E-state index is 11.8. The number of amides is 1. The third-order valence-electron chi connectivity index (χ3n) is 3.52. The van der Waals surface area contributed by atoms with E-state index in [-0.39, 0.29) is 11.4 Å². The van der Waals surface area contributed by atoms with E-state index in [2.05, 4.69) is 22.4 Å². The lowest BCUT2D eigenvalue weighted by Gasteiger charge is -2.43. The first-order valence-corrected chi connectivity index (χ1v) is 6.45. The standard InChI is InChI=1S/C11H15N3OS/c1-14-9(15)7-11(12-13-14)5-2-3-8-4-6-16-10(8)11/h4,6,12-13H,2-3,5,7H2,1H3/t11-/m1/s1. The fourth-order valence-electron chi connectivity index (χ4n) is 2.61. The van der Waals surface area contributed by atoms with Crippen LogP contribution in [0.2, 0.25) is 0 Å².